The van der Waals surface area contributed by atoms with Gasteiger partial charge in [0.25, 0.3) is 5.56 Å². The van der Waals surface area contributed by atoms with Crippen molar-refractivity contribution in [2.75, 3.05) is 33.8 Å². The summed E-state index contributed by atoms with van der Waals surface area (Å²) < 4.78 is 41.2. The number of hydrogen-bond donors (Lipinski definition) is 1. The third-order valence-electron chi connectivity index (χ3n) is 4.79. The van der Waals surface area contributed by atoms with Gasteiger partial charge in [0.1, 0.15) is 12.4 Å². The summed E-state index contributed by atoms with van der Waals surface area (Å²) in [6.07, 6.45) is 0. The van der Waals surface area contributed by atoms with Crippen molar-refractivity contribution < 1.29 is 18.3 Å². The highest BCUT2D eigenvalue weighted by Gasteiger charge is 2.15. The van der Waals surface area contributed by atoms with E-state index >= 15 is 0 Å². The fourth-order valence-corrected chi connectivity index (χ4v) is 3.15. The van der Waals surface area contributed by atoms with E-state index in [9.17, 15) is 13.6 Å². The molecule has 7 nitrogen and oxygen atoms in total. The van der Waals surface area contributed by atoms with E-state index in [1.807, 2.05) is 32.0 Å². The number of halogens is 2. The average Bonchev–Trinajstić information content (AvgIpc) is 2.77. The lowest BCUT2D eigenvalue weighted by atomic mass is 10.1. The van der Waals surface area contributed by atoms with Gasteiger partial charge in [0.2, 0.25) is 0 Å². The SMILES string of the molecule is C=C(NCC)Oc1cccc(Cn2nc(-c3cc(F)c(OCCN(C)C)c(F)c3)ccc2=O)c1. The second kappa shape index (κ2) is 11.4. The Bertz CT molecular complexity index is 1190. The minimum Gasteiger partial charge on any atom is -0.486 e. The summed E-state index contributed by atoms with van der Waals surface area (Å²) in [5.41, 5.74) is 0.861. The first-order chi connectivity index (χ1) is 16.3. The maximum Gasteiger partial charge on any atom is 0.267 e. The molecule has 180 valence electrons. The molecule has 0 amide bonds. The van der Waals surface area contributed by atoms with Crippen LogP contribution in [0.1, 0.15) is 12.5 Å². The van der Waals surface area contributed by atoms with Crippen molar-refractivity contribution >= 4 is 0 Å². The van der Waals surface area contributed by atoms with Crippen LogP contribution in [0, 0.1) is 11.6 Å². The van der Waals surface area contributed by atoms with Crippen LogP contribution < -0.4 is 20.3 Å². The first kappa shape index (κ1) is 24.9. The molecule has 0 saturated carbocycles. The summed E-state index contributed by atoms with van der Waals surface area (Å²) in [6, 6.07) is 12.2. The Kier molecular flexibility index (Phi) is 8.37. The molecule has 0 saturated heterocycles. The van der Waals surface area contributed by atoms with Gasteiger partial charge in [-0.25, -0.2) is 13.5 Å². The lowest BCUT2D eigenvalue weighted by Crippen LogP contribution is -2.23. The van der Waals surface area contributed by atoms with E-state index < -0.39 is 17.4 Å². The highest BCUT2D eigenvalue weighted by Crippen LogP contribution is 2.28. The highest BCUT2D eigenvalue weighted by atomic mass is 19.1. The topological polar surface area (TPSA) is 68.6 Å². The second-order valence-electron chi connectivity index (χ2n) is 7.84. The molecule has 0 spiro atoms. The number of benzene rings is 2. The van der Waals surface area contributed by atoms with Gasteiger partial charge in [0.15, 0.2) is 23.3 Å². The molecule has 0 aliphatic heterocycles. The predicted octanol–water partition coefficient (Wildman–Crippen LogP) is 3.64. The largest absolute Gasteiger partial charge is 0.486 e. The maximum atomic E-state index is 14.6. The Labute approximate surface area is 197 Å². The second-order valence-corrected chi connectivity index (χ2v) is 7.84. The van der Waals surface area contributed by atoms with Crippen LogP contribution in [0.2, 0.25) is 0 Å². The molecule has 3 aromatic rings. The van der Waals surface area contributed by atoms with Crippen molar-refractivity contribution in [1.29, 1.82) is 0 Å². The molecule has 1 aromatic heterocycles. The highest BCUT2D eigenvalue weighted by molar-refractivity contribution is 5.60. The van der Waals surface area contributed by atoms with Crippen LogP contribution in [0.4, 0.5) is 8.78 Å². The van der Waals surface area contributed by atoms with Gasteiger partial charge in [0, 0.05) is 24.7 Å². The molecule has 0 radical (unpaired) electrons. The Hall–Kier alpha value is -3.72. The maximum absolute atomic E-state index is 14.6. The minimum absolute atomic E-state index is 0.147. The van der Waals surface area contributed by atoms with Crippen LogP contribution in [0.3, 0.4) is 0 Å². The molecular formula is C25H28F2N4O3. The van der Waals surface area contributed by atoms with Crippen LogP contribution >= 0.6 is 0 Å². The first-order valence-electron chi connectivity index (χ1n) is 10.8. The van der Waals surface area contributed by atoms with E-state index in [1.165, 1.54) is 16.8 Å². The van der Waals surface area contributed by atoms with Gasteiger partial charge in [-0.1, -0.05) is 12.1 Å². The third-order valence-corrected chi connectivity index (χ3v) is 4.79. The zero-order valence-corrected chi connectivity index (χ0v) is 19.5. The molecule has 0 bridgehead atoms. The van der Waals surface area contributed by atoms with Gasteiger partial charge in [0.05, 0.1) is 12.2 Å². The molecule has 0 aliphatic carbocycles. The quantitative estimate of drug-likeness (QED) is 0.432. The van der Waals surface area contributed by atoms with Crippen LogP contribution in [0.25, 0.3) is 11.3 Å². The first-order valence-corrected chi connectivity index (χ1v) is 10.8. The molecule has 9 heteroatoms. The van der Waals surface area contributed by atoms with Crippen molar-refractivity contribution in [1.82, 2.24) is 20.0 Å². The van der Waals surface area contributed by atoms with Gasteiger partial charge in [-0.15, -0.1) is 0 Å². The fourth-order valence-electron chi connectivity index (χ4n) is 3.15. The summed E-state index contributed by atoms with van der Waals surface area (Å²) in [5, 5.41) is 7.28. The number of aromatic nitrogens is 2. The number of nitrogens with one attached hydrogen (secondary N) is 1. The molecule has 2 aromatic carbocycles. The number of likely N-dealkylation sites (N-methyl/N-ethyl adjacent to an activating group) is 1. The van der Waals surface area contributed by atoms with Crippen LogP contribution in [0.15, 0.2) is 65.8 Å². The van der Waals surface area contributed by atoms with Crippen molar-refractivity contribution in [2.24, 2.45) is 0 Å². The Morgan fingerprint density at radius 1 is 1.15 bits per heavy atom. The summed E-state index contributed by atoms with van der Waals surface area (Å²) in [4.78, 5) is 14.2. The lowest BCUT2D eigenvalue weighted by molar-refractivity contribution is 0.242. The number of nitrogens with zero attached hydrogens (tertiary/aromatic N) is 3. The van der Waals surface area contributed by atoms with E-state index in [1.54, 1.807) is 18.2 Å². The van der Waals surface area contributed by atoms with E-state index in [0.29, 0.717) is 24.7 Å². The Balaban J connectivity index is 1.82. The number of ether oxygens (including phenoxy) is 2. The van der Waals surface area contributed by atoms with Gasteiger partial charge < -0.3 is 19.7 Å². The van der Waals surface area contributed by atoms with Gasteiger partial charge in [-0.3, -0.25) is 4.79 Å². The van der Waals surface area contributed by atoms with Crippen molar-refractivity contribution in [2.45, 2.75) is 13.5 Å². The Morgan fingerprint density at radius 2 is 1.88 bits per heavy atom. The van der Waals surface area contributed by atoms with Gasteiger partial charge in [-0.05, 0) is 63.5 Å². The van der Waals surface area contributed by atoms with E-state index in [4.69, 9.17) is 9.47 Å². The fraction of sp³-hybridized carbons (Fsp3) is 0.280. The third kappa shape index (κ3) is 6.64. The molecule has 3 rings (SSSR count). The Morgan fingerprint density at radius 3 is 2.56 bits per heavy atom. The zero-order chi connectivity index (χ0) is 24.7. The summed E-state index contributed by atoms with van der Waals surface area (Å²) in [6.45, 7) is 7.20. The molecule has 34 heavy (non-hydrogen) atoms. The molecule has 1 N–H and O–H groups in total. The summed E-state index contributed by atoms with van der Waals surface area (Å²) in [7, 11) is 3.67. The van der Waals surface area contributed by atoms with Crippen LogP contribution in [-0.2, 0) is 6.54 Å². The van der Waals surface area contributed by atoms with Crippen LogP contribution in [-0.4, -0.2) is 48.5 Å². The van der Waals surface area contributed by atoms with Crippen molar-refractivity contribution in [3.05, 3.63) is 88.5 Å². The average molecular weight is 471 g/mol. The zero-order valence-electron chi connectivity index (χ0n) is 19.5. The standard InChI is InChI=1S/C25H28F2N4O3/c1-5-28-17(2)34-20-8-6-7-18(13-20)16-31-24(32)10-9-23(29-31)19-14-21(26)25(22(27)15-19)33-12-11-30(3)4/h6-10,13-15,28H,2,5,11-12,16H2,1,3-4H3. The summed E-state index contributed by atoms with van der Waals surface area (Å²) in [5.74, 6) is -1.13. The smallest absolute Gasteiger partial charge is 0.267 e. The predicted molar refractivity (Wildman–Crippen MR) is 127 cm³/mol. The molecule has 0 atom stereocenters. The monoisotopic (exact) mass is 470 g/mol. The van der Waals surface area contributed by atoms with Gasteiger partial charge >= 0.3 is 0 Å². The minimum atomic E-state index is -0.834. The van der Waals surface area contributed by atoms with Gasteiger partial charge in [-0.2, -0.15) is 5.10 Å². The normalized spacial score (nSPS) is 10.9. The van der Waals surface area contributed by atoms with E-state index in [-0.39, 0.29) is 30.0 Å². The molecule has 0 aliphatic rings. The van der Waals surface area contributed by atoms with E-state index in [2.05, 4.69) is 17.0 Å². The number of rotatable bonds is 11. The molecule has 1 heterocycles. The van der Waals surface area contributed by atoms with Crippen molar-refractivity contribution in [3.63, 3.8) is 0 Å². The summed E-state index contributed by atoms with van der Waals surface area (Å²) >= 11 is 0. The molecule has 0 unspecified atom stereocenters. The lowest BCUT2D eigenvalue weighted by Gasteiger charge is -2.13. The number of hydrogen-bond acceptors (Lipinski definition) is 6. The molecular weight excluding hydrogens is 442 g/mol. The van der Waals surface area contributed by atoms with E-state index in [0.717, 1.165) is 17.7 Å². The molecule has 0 fully saturated rings. The van der Waals surface area contributed by atoms with Crippen molar-refractivity contribution in [3.8, 4) is 22.8 Å². The van der Waals surface area contributed by atoms with Crippen LogP contribution in [0.5, 0.6) is 11.5 Å².